The highest BCUT2D eigenvalue weighted by Crippen LogP contribution is 2.26. The Morgan fingerprint density at radius 1 is 1.38 bits per heavy atom. The van der Waals surface area contributed by atoms with Gasteiger partial charge in [-0.25, -0.2) is 4.98 Å². The molecule has 0 fully saturated rings. The zero-order chi connectivity index (χ0) is 11.0. The highest BCUT2D eigenvalue weighted by molar-refractivity contribution is 7.23. The van der Waals surface area contributed by atoms with Crippen molar-refractivity contribution in [2.24, 2.45) is 0 Å². The van der Waals surface area contributed by atoms with Gasteiger partial charge in [0.05, 0.1) is 10.2 Å². The number of benzene rings is 1. The van der Waals surface area contributed by atoms with Crippen LogP contribution in [0.4, 0.5) is 0 Å². The van der Waals surface area contributed by atoms with Crippen LogP contribution in [0.25, 0.3) is 15.2 Å². The van der Waals surface area contributed by atoms with E-state index in [4.69, 9.17) is 11.6 Å². The quantitative estimate of drug-likeness (QED) is 0.648. The highest BCUT2D eigenvalue weighted by atomic mass is 35.5. The van der Waals surface area contributed by atoms with Crippen molar-refractivity contribution in [1.29, 1.82) is 0 Å². The SMILES string of the molecule is ClCCCc1ccc2c(c1)sc1nccn12. The van der Waals surface area contributed by atoms with Crippen molar-refractivity contribution in [2.45, 2.75) is 12.8 Å². The first kappa shape index (κ1) is 10.1. The Kier molecular flexibility index (Phi) is 2.58. The number of aryl methyl sites for hydroxylation is 1. The molecule has 0 atom stereocenters. The summed E-state index contributed by atoms with van der Waals surface area (Å²) >= 11 is 7.44. The number of hydrogen-bond donors (Lipinski definition) is 0. The number of halogens is 1. The molecule has 0 aliphatic carbocycles. The summed E-state index contributed by atoms with van der Waals surface area (Å²) in [6.07, 6.45) is 5.94. The fourth-order valence-corrected chi connectivity index (χ4v) is 3.10. The van der Waals surface area contributed by atoms with E-state index in [2.05, 4.69) is 27.6 Å². The number of thiazole rings is 1. The standard InChI is InChI=1S/C12H11ClN2S/c13-5-1-2-9-3-4-10-11(8-9)16-12-14-6-7-15(10)12/h3-4,6-8H,1-2,5H2. The molecule has 0 aliphatic rings. The molecule has 0 aliphatic heterocycles. The van der Waals surface area contributed by atoms with Gasteiger partial charge in [0.2, 0.25) is 0 Å². The van der Waals surface area contributed by atoms with Gasteiger partial charge in [0.1, 0.15) is 0 Å². The zero-order valence-corrected chi connectivity index (χ0v) is 10.3. The lowest BCUT2D eigenvalue weighted by Gasteiger charge is -1.99. The third kappa shape index (κ3) is 1.60. The normalized spacial score (nSPS) is 11.6. The van der Waals surface area contributed by atoms with Crippen LogP contribution in [-0.2, 0) is 6.42 Å². The number of nitrogens with zero attached hydrogens (tertiary/aromatic N) is 2. The molecular weight excluding hydrogens is 240 g/mol. The monoisotopic (exact) mass is 250 g/mol. The molecule has 2 nitrogen and oxygen atoms in total. The molecule has 3 rings (SSSR count). The zero-order valence-electron chi connectivity index (χ0n) is 8.69. The molecule has 4 heteroatoms. The Morgan fingerprint density at radius 2 is 2.31 bits per heavy atom. The maximum atomic E-state index is 5.70. The van der Waals surface area contributed by atoms with Crippen LogP contribution in [0.15, 0.2) is 30.6 Å². The van der Waals surface area contributed by atoms with E-state index in [1.54, 1.807) is 11.3 Å². The predicted octanol–water partition coefficient (Wildman–Crippen LogP) is 3.72. The van der Waals surface area contributed by atoms with E-state index in [-0.39, 0.29) is 0 Å². The summed E-state index contributed by atoms with van der Waals surface area (Å²) in [6, 6.07) is 6.60. The van der Waals surface area contributed by atoms with Crippen LogP contribution in [0.5, 0.6) is 0 Å². The van der Waals surface area contributed by atoms with Crippen molar-refractivity contribution in [2.75, 3.05) is 5.88 Å². The molecule has 82 valence electrons. The van der Waals surface area contributed by atoms with Crippen molar-refractivity contribution in [3.05, 3.63) is 36.2 Å². The van der Waals surface area contributed by atoms with Gasteiger partial charge in [-0.1, -0.05) is 17.4 Å². The third-order valence-corrected chi connectivity index (χ3v) is 3.99. The molecule has 0 radical (unpaired) electrons. The molecule has 1 aromatic carbocycles. The van der Waals surface area contributed by atoms with E-state index in [0.29, 0.717) is 0 Å². The van der Waals surface area contributed by atoms with Gasteiger partial charge in [0, 0.05) is 18.3 Å². The molecule has 0 unspecified atom stereocenters. The van der Waals surface area contributed by atoms with Crippen molar-refractivity contribution in [3.63, 3.8) is 0 Å². The molecule has 2 heterocycles. The molecule has 16 heavy (non-hydrogen) atoms. The van der Waals surface area contributed by atoms with E-state index >= 15 is 0 Å². The van der Waals surface area contributed by atoms with Gasteiger partial charge in [-0.05, 0) is 30.5 Å². The molecule has 0 saturated carbocycles. The second-order valence-electron chi connectivity index (χ2n) is 3.78. The molecule has 0 spiro atoms. The molecule has 3 aromatic rings. The van der Waals surface area contributed by atoms with Crippen LogP contribution in [0, 0.1) is 0 Å². The lowest BCUT2D eigenvalue weighted by atomic mass is 10.1. The number of rotatable bonds is 3. The number of imidazole rings is 1. The first-order chi connectivity index (χ1) is 7.88. The molecule has 2 aromatic heterocycles. The maximum absolute atomic E-state index is 5.70. The van der Waals surface area contributed by atoms with Gasteiger partial charge in [0.25, 0.3) is 0 Å². The third-order valence-electron chi connectivity index (χ3n) is 2.69. The van der Waals surface area contributed by atoms with Crippen molar-refractivity contribution in [1.82, 2.24) is 9.38 Å². The van der Waals surface area contributed by atoms with Gasteiger partial charge < -0.3 is 0 Å². The van der Waals surface area contributed by atoms with Gasteiger partial charge >= 0.3 is 0 Å². The van der Waals surface area contributed by atoms with Crippen LogP contribution >= 0.6 is 22.9 Å². The van der Waals surface area contributed by atoms with E-state index in [9.17, 15) is 0 Å². The largest absolute Gasteiger partial charge is 0.290 e. The van der Waals surface area contributed by atoms with Gasteiger partial charge in [-0.15, -0.1) is 11.6 Å². The number of fused-ring (bicyclic) bond motifs is 3. The molecule has 0 saturated heterocycles. The Bertz CT molecular complexity index is 626. The summed E-state index contributed by atoms with van der Waals surface area (Å²) in [7, 11) is 0. The van der Waals surface area contributed by atoms with Crippen LogP contribution in [-0.4, -0.2) is 15.3 Å². The van der Waals surface area contributed by atoms with Crippen LogP contribution < -0.4 is 0 Å². The lowest BCUT2D eigenvalue weighted by Crippen LogP contribution is -1.86. The highest BCUT2D eigenvalue weighted by Gasteiger charge is 2.05. The summed E-state index contributed by atoms with van der Waals surface area (Å²) in [5, 5.41) is 0. The van der Waals surface area contributed by atoms with Crippen LogP contribution in [0.2, 0.25) is 0 Å². The Morgan fingerprint density at radius 3 is 3.19 bits per heavy atom. The summed E-state index contributed by atoms with van der Waals surface area (Å²) in [5.41, 5.74) is 2.60. The first-order valence-electron chi connectivity index (χ1n) is 5.29. The van der Waals surface area contributed by atoms with E-state index in [1.165, 1.54) is 15.8 Å². The number of hydrogen-bond acceptors (Lipinski definition) is 2. The summed E-state index contributed by atoms with van der Waals surface area (Å²) in [4.78, 5) is 5.37. The predicted molar refractivity (Wildman–Crippen MR) is 69.6 cm³/mol. The number of aromatic nitrogens is 2. The van der Waals surface area contributed by atoms with E-state index < -0.39 is 0 Å². The minimum absolute atomic E-state index is 0.728. The second kappa shape index (κ2) is 4.07. The van der Waals surface area contributed by atoms with Crippen molar-refractivity contribution < 1.29 is 0 Å². The topological polar surface area (TPSA) is 17.3 Å². The Labute approximate surface area is 102 Å². The summed E-state index contributed by atoms with van der Waals surface area (Å²) in [6.45, 7) is 0. The average Bonchev–Trinajstić information content (AvgIpc) is 2.85. The molecule has 0 amide bonds. The second-order valence-corrected chi connectivity index (χ2v) is 5.16. The van der Waals surface area contributed by atoms with Gasteiger partial charge in [-0.3, -0.25) is 4.40 Å². The number of alkyl halides is 1. The fraction of sp³-hybridized carbons (Fsp3) is 0.250. The lowest BCUT2D eigenvalue weighted by molar-refractivity contribution is 0.931. The smallest absolute Gasteiger partial charge is 0.194 e. The molecule has 0 bridgehead atoms. The Balaban J connectivity index is 2.10. The van der Waals surface area contributed by atoms with Crippen LogP contribution in [0.3, 0.4) is 0 Å². The van der Waals surface area contributed by atoms with Gasteiger partial charge in [0.15, 0.2) is 4.96 Å². The van der Waals surface area contributed by atoms with E-state index in [1.807, 2.05) is 12.4 Å². The fourth-order valence-electron chi connectivity index (χ4n) is 1.91. The Hall–Kier alpha value is -1.06. The van der Waals surface area contributed by atoms with Crippen molar-refractivity contribution in [3.8, 4) is 0 Å². The maximum Gasteiger partial charge on any atom is 0.194 e. The minimum Gasteiger partial charge on any atom is -0.290 e. The van der Waals surface area contributed by atoms with Gasteiger partial charge in [-0.2, -0.15) is 0 Å². The van der Waals surface area contributed by atoms with E-state index in [0.717, 1.165) is 23.7 Å². The minimum atomic E-state index is 0.728. The molecular formula is C12H11ClN2S. The van der Waals surface area contributed by atoms with Crippen LogP contribution in [0.1, 0.15) is 12.0 Å². The summed E-state index contributed by atoms with van der Waals surface area (Å²) < 4.78 is 3.43. The molecule has 0 N–H and O–H groups in total. The van der Waals surface area contributed by atoms with Crippen molar-refractivity contribution >= 4 is 38.1 Å². The first-order valence-corrected chi connectivity index (χ1v) is 6.64. The summed E-state index contributed by atoms with van der Waals surface area (Å²) in [5.74, 6) is 0.728. The average molecular weight is 251 g/mol.